The Morgan fingerprint density at radius 3 is 2.28 bits per heavy atom. The van der Waals surface area contributed by atoms with Gasteiger partial charge in [0, 0.05) is 45.2 Å². The molecule has 0 aliphatic carbocycles. The van der Waals surface area contributed by atoms with E-state index < -0.39 is 5.54 Å². The van der Waals surface area contributed by atoms with Gasteiger partial charge in [-0.3, -0.25) is 9.59 Å². The Morgan fingerprint density at radius 1 is 1.06 bits per heavy atom. The molecule has 1 aromatic heterocycles. The number of esters is 1. The molecule has 10 heteroatoms. The van der Waals surface area contributed by atoms with Crippen molar-refractivity contribution in [3.05, 3.63) is 40.8 Å². The number of benzene rings is 1. The molecule has 1 aliphatic heterocycles. The van der Waals surface area contributed by atoms with Crippen molar-refractivity contribution < 1.29 is 14.3 Å². The van der Waals surface area contributed by atoms with Crippen LogP contribution < -0.4 is 10.6 Å². The maximum Gasteiger partial charge on any atom is 0.363 e. The van der Waals surface area contributed by atoms with E-state index in [4.69, 9.17) is 4.74 Å². The van der Waals surface area contributed by atoms with Crippen LogP contribution >= 0.6 is 0 Å². The molecule has 32 heavy (non-hydrogen) atoms. The molecule has 0 atom stereocenters. The summed E-state index contributed by atoms with van der Waals surface area (Å²) in [6.45, 7) is 8.24. The molecule has 2 aromatic rings. The molecule has 0 spiro atoms. The van der Waals surface area contributed by atoms with Crippen LogP contribution in [-0.2, 0) is 27.4 Å². The Hall–Kier alpha value is -3.01. The molecule has 10 nitrogen and oxygen atoms in total. The molecule has 0 bridgehead atoms. The van der Waals surface area contributed by atoms with Crippen molar-refractivity contribution in [2.75, 3.05) is 31.1 Å². The summed E-state index contributed by atoms with van der Waals surface area (Å²) < 4.78 is 8.16. The van der Waals surface area contributed by atoms with Gasteiger partial charge in [-0.2, -0.15) is 9.36 Å². The summed E-state index contributed by atoms with van der Waals surface area (Å²) in [5.41, 5.74) is -0.0149. The Bertz CT molecular complexity index is 962. The maximum absolute atomic E-state index is 13.0. The quantitative estimate of drug-likeness (QED) is 0.537. The lowest BCUT2D eigenvalue weighted by Gasteiger charge is -2.48. The molecule has 0 N–H and O–H groups in total. The molecule has 174 valence electrons. The third-order valence-electron chi connectivity index (χ3n) is 6.00. The van der Waals surface area contributed by atoms with Crippen LogP contribution in [0, 0.1) is 0 Å². The fourth-order valence-electron chi connectivity index (χ4n) is 4.16. The van der Waals surface area contributed by atoms with E-state index in [1.807, 2.05) is 49.1 Å². The van der Waals surface area contributed by atoms with Gasteiger partial charge in [-0.25, -0.2) is 4.79 Å². The Labute approximate surface area is 187 Å². The number of anilines is 1. The highest BCUT2D eigenvalue weighted by Gasteiger charge is 2.43. The lowest BCUT2D eigenvalue weighted by Crippen LogP contribution is -2.60. The zero-order valence-corrected chi connectivity index (χ0v) is 19.1. The van der Waals surface area contributed by atoms with Gasteiger partial charge in [0.15, 0.2) is 0 Å². The van der Waals surface area contributed by atoms with Crippen molar-refractivity contribution in [1.82, 2.24) is 24.7 Å². The molecule has 1 amide bonds. The number of piperidine rings is 1. The number of carbonyl (C=O) groups excluding carboxylic acids is 2. The number of tetrazole rings is 1. The van der Waals surface area contributed by atoms with Gasteiger partial charge in [0.05, 0.1) is 12.1 Å². The average molecular weight is 445 g/mol. The summed E-state index contributed by atoms with van der Waals surface area (Å²) in [4.78, 5) is 40.9. The summed E-state index contributed by atoms with van der Waals surface area (Å²) in [6, 6.07) is 9.55. The number of carbonyl (C=O) groups is 2. The fraction of sp³-hybridized carbons (Fsp3) is 0.591. The van der Waals surface area contributed by atoms with E-state index >= 15 is 0 Å². The summed E-state index contributed by atoms with van der Waals surface area (Å²) in [5.74, 6) is -0.360. The van der Waals surface area contributed by atoms with Crippen LogP contribution in [-0.4, -0.2) is 68.3 Å². The zero-order valence-electron chi connectivity index (χ0n) is 19.1. The molecule has 1 fully saturated rings. The largest absolute Gasteiger partial charge is 0.463 e. The van der Waals surface area contributed by atoms with Crippen LogP contribution in [0.3, 0.4) is 0 Å². The molecule has 3 rings (SSSR count). The highest BCUT2D eigenvalue weighted by Crippen LogP contribution is 2.34. The van der Waals surface area contributed by atoms with Crippen LogP contribution in [0.15, 0.2) is 35.1 Å². The van der Waals surface area contributed by atoms with Gasteiger partial charge in [0.25, 0.3) is 0 Å². The van der Waals surface area contributed by atoms with Crippen LogP contribution in [0.1, 0.15) is 40.0 Å². The fourth-order valence-corrected chi connectivity index (χ4v) is 4.16. The van der Waals surface area contributed by atoms with Gasteiger partial charge < -0.3 is 14.5 Å². The van der Waals surface area contributed by atoms with Crippen molar-refractivity contribution in [3.8, 4) is 0 Å². The Balaban J connectivity index is 1.76. The number of para-hydroxylation sites is 1. The first kappa shape index (κ1) is 23.6. The molecule has 2 heterocycles. The molecular formula is C22H32N6O4. The minimum absolute atomic E-state index is 0.000431. The van der Waals surface area contributed by atoms with E-state index in [9.17, 15) is 14.4 Å². The van der Waals surface area contributed by atoms with Gasteiger partial charge in [-0.05, 0) is 42.3 Å². The normalized spacial score (nSPS) is 16.0. The lowest BCUT2D eigenvalue weighted by atomic mass is 9.85. The molecule has 0 unspecified atom stereocenters. The van der Waals surface area contributed by atoms with Crippen LogP contribution in [0.5, 0.6) is 0 Å². The van der Waals surface area contributed by atoms with Crippen LogP contribution in [0.4, 0.5) is 5.69 Å². The van der Waals surface area contributed by atoms with Crippen molar-refractivity contribution >= 4 is 17.6 Å². The van der Waals surface area contributed by atoms with Gasteiger partial charge in [0.1, 0.15) is 6.61 Å². The minimum atomic E-state index is -0.612. The topological polar surface area (TPSA) is 103 Å². The third-order valence-corrected chi connectivity index (χ3v) is 6.00. The summed E-state index contributed by atoms with van der Waals surface area (Å²) >= 11 is 0. The number of ether oxygens (including phenoxy) is 1. The first-order chi connectivity index (χ1) is 15.4. The van der Waals surface area contributed by atoms with Crippen LogP contribution in [0.2, 0.25) is 0 Å². The Kier molecular flexibility index (Phi) is 7.79. The molecule has 0 radical (unpaired) electrons. The van der Waals surface area contributed by atoms with Gasteiger partial charge in [-0.1, -0.05) is 25.1 Å². The van der Waals surface area contributed by atoms with E-state index in [2.05, 4.69) is 15.3 Å². The summed E-state index contributed by atoms with van der Waals surface area (Å²) in [7, 11) is 0. The molecule has 0 saturated carbocycles. The van der Waals surface area contributed by atoms with E-state index in [1.165, 1.54) is 16.3 Å². The van der Waals surface area contributed by atoms with Crippen molar-refractivity contribution in [3.63, 3.8) is 0 Å². The predicted octanol–water partition coefficient (Wildman–Crippen LogP) is 1.30. The smallest absolute Gasteiger partial charge is 0.363 e. The zero-order chi connectivity index (χ0) is 23.1. The predicted molar refractivity (Wildman–Crippen MR) is 119 cm³/mol. The third kappa shape index (κ3) is 5.24. The second kappa shape index (κ2) is 10.5. The molecule has 1 aromatic carbocycles. The molecule has 1 aliphatic rings. The second-order valence-electron chi connectivity index (χ2n) is 8.06. The van der Waals surface area contributed by atoms with Gasteiger partial charge in [0.2, 0.25) is 5.91 Å². The van der Waals surface area contributed by atoms with E-state index in [-0.39, 0.29) is 24.2 Å². The van der Waals surface area contributed by atoms with Crippen molar-refractivity contribution in [2.24, 2.45) is 0 Å². The monoisotopic (exact) mass is 444 g/mol. The van der Waals surface area contributed by atoms with E-state index in [0.717, 1.165) is 5.69 Å². The number of hydrogen-bond acceptors (Lipinski definition) is 7. The SMILES string of the molecule is CCC(=O)N(c1ccccc1)C1(COC(C)=O)CCN(CCn2nnn(CC)c2=O)CC1. The number of aryl methyl sites for hydroxylation is 1. The number of hydrogen-bond donors (Lipinski definition) is 0. The average Bonchev–Trinajstić information content (AvgIpc) is 3.17. The number of nitrogens with zero attached hydrogens (tertiary/aromatic N) is 6. The number of likely N-dealkylation sites (tertiary alicyclic amines) is 1. The first-order valence-corrected chi connectivity index (χ1v) is 11.1. The minimum Gasteiger partial charge on any atom is -0.463 e. The summed E-state index contributed by atoms with van der Waals surface area (Å²) in [6.07, 6.45) is 1.66. The first-order valence-electron chi connectivity index (χ1n) is 11.1. The van der Waals surface area contributed by atoms with Gasteiger partial charge >= 0.3 is 11.7 Å². The molecular weight excluding hydrogens is 412 g/mol. The number of aromatic nitrogens is 4. The van der Waals surface area contributed by atoms with E-state index in [0.29, 0.717) is 52.0 Å². The lowest BCUT2D eigenvalue weighted by molar-refractivity contribution is -0.144. The number of rotatable bonds is 9. The highest BCUT2D eigenvalue weighted by molar-refractivity contribution is 5.94. The standard InChI is InChI=1S/C22H32N6O4/c1-4-20(30)28(19-9-7-6-8-10-19)22(17-32-18(3)29)11-13-25(14-12-22)15-16-27-21(31)26(5-2)23-24-27/h6-10H,4-5,11-17H2,1-3H3. The van der Waals surface area contributed by atoms with E-state index in [1.54, 1.807) is 0 Å². The van der Waals surface area contributed by atoms with Crippen molar-refractivity contribution in [2.45, 2.75) is 58.7 Å². The summed E-state index contributed by atoms with van der Waals surface area (Å²) in [5, 5.41) is 7.78. The molecule has 1 saturated heterocycles. The Morgan fingerprint density at radius 2 is 1.72 bits per heavy atom. The van der Waals surface area contributed by atoms with Gasteiger partial charge in [-0.15, -0.1) is 0 Å². The second-order valence-corrected chi connectivity index (χ2v) is 8.06. The van der Waals surface area contributed by atoms with Crippen LogP contribution in [0.25, 0.3) is 0 Å². The number of amides is 1. The highest BCUT2D eigenvalue weighted by atomic mass is 16.5. The van der Waals surface area contributed by atoms with Crippen molar-refractivity contribution in [1.29, 1.82) is 0 Å². The maximum atomic E-state index is 13.0.